The Hall–Kier alpha value is -3.39. The molecule has 3 aromatic rings. The zero-order valence-electron chi connectivity index (χ0n) is 18.2. The maximum Gasteiger partial charge on any atom is 0.161 e. The molecule has 0 aromatic heterocycles. The number of nitrogens with zero attached hydrogens (tertiary/aromatic N) is 2. The lowest BCUT2D eigenvalue weighted by Gasteiger charge is -2.44. The van der Waals surface area contributed by atoms with E-state index in [-0.39, 0.29) is 17.5 Å². The lowest BCUT2D eigenvalue weighted by atomic mass is 9.69. The molecule has 0 radical (unpaired) electrons. The van der Waals surface area contributed by atoms with Gasteiger partial charge in [-0.3, -0.25) is 15.1 Å². The Bertz CT molecular complexity index is 1360. The number of hydrogen-bond donors (Lipinski definition) is 1. The standard InChI is InChI=1S/C28H21Cl2N3O/c29-21-11-5-4-10-19(21)26-20(16-31)28(32)33(23-13-7-6-12-22(23)30)24-14-18(15-25(34)27(24)26)17-8-2-1-3-9-17/h1-13,18,20,26,32H,14-15H2. The molecule has 0 saturated carbocycles. The van der Waals surface area contributed by atoms with Crippen molar-refractivity contribution in [2.45, 2.75) is 24.7 Å². The van der Waals surface area contributed by atoms with E-state index in [0.717, 1.165) is 11.3 Å². The maximum absolute atomic E-state index is 13.8. The van der Waals surface area contributed by atoms with Crippen molar-refractivity contribution in [3.8, 4) is 6.07 Å². The average Bonchev–Trinajstić information content (AvgIpc) is 2.85. The zero-order valence-corrected chi connectivity index (χ0v) is 19.7. The number of halogens is 2. The zero-order chi connectivity index (χ0) is 23.8. The highest BCUT2D eigenvalue weighted by atomic mass is 35.5. The average molecular weight is 486 g/mol. The minimum absolute atomic E-state index is 0.0233. The van der Waals surface area contributed by atoms with E-state index in [9.17, 15) is 10.1 Å². The van der Waals surface area contributed by atoms with Crippen LogP contribution in [0.3, 0.4) is 0 Å². The van der Waals surface area contributed by atoms with Crippen LogP contribution in [-0.4, -0.2) is 11.6 Å². The van der Waals surface area contributed by atoms with Crippen LogP contribution in [0.5, 0.6) is 0 Å². The smallest absolute Gasteiger partial charge is 0.161 e. The molecule has 3 unspecified atom stereocenters. The van der Waals surface area contributed by atoms with Gasteiger partial charge in [0.15, 0.2) is 5.78 Å². The van der Waals surface area contributed by atoms with Crippen LogP contribution in [0.1, 0.15) is 35.8 Å². The van der Waals surface area contributed by atoms with Gasteiger partial charge in [-0.2, -0.15) is 5.26 Å². The number of amidine groups is 1. The van der Waals surface area contributed by atoms with Gasteiger partial charge in [0.05, 0.1) is 16.8 Å². The summed E-state index contributed by atoms with van der Waals surface area (Å²) in [6.45, 7) is 0. The molecule has 34 heavy (non-hydrogen) atoms. The molecule has 5 rings (SSSR count). The molecule has 0 fully saturated rings. The molecule has 1 aliphatic heterocycles. The summed E-state index contributed by atoms with van der Waals surface area (Å²) in [6.07, 6.45) is 0.892. The number of rotatable bonds is 3. The first-order chi connectivity index (χ1) is 16.5. The van der Waals surface area contributed by atoms with Crippen molar-refractivity contribution in [2.24, 2.45) is 5.92 Å². The molecule has 4 nitrogen and oxygen atoms in total. The molecule has 2 aliphatic rings. The Morgan fingerprint density at radius 3 is 2.21 bits per heavy atom. The van der Waals surface area contributed by atoms with Crippen molar-refractivity contribution >= 4 is 40.5 Å². The van der Waals surface area contributed by atoms with E-state index in [1.165, 1.54) is 0 Å². The molecule has 0 spiro atoms. The van der Waals surface area contributed by atoms with Gasteiger partial charge in [-0.15, -0.1) is 0 Å². The van der Waals surface area contributed by atoms with Gasteiger partial charge in [0.2, 0.25) is 0 Å². The highest BCUT2D eigenvalue weighted by Gasteiger charge is 2.47. The number of ketones is 1. The fraction of sp³-hybridized carbons (Fsp3) is 0.179. The van der Waals surface area contributed by atoms with Crippen molar-refractivity contribution in [1.29, 1.82) is 10.7 Å². The van der Waals surface area contributed by atoms with Crippen LogP contribution >= 0.6 is 23.2 Å². The Morgan fingerprint density at radius 1 is 0.882 bits per heavy atom. The largest absolute Gasteiger partial charge is 0.300 e. The molecule has 0 bridgehead atoms. The van der Waals surface area contributed by atoms with Crippen LogP contribution < -0.4 is 4.90 Å². The molecule has 1 aliphatic carbocycles. The predicted molar refractivity (Wildman–Crippen MR) is 135 cm³/mol. The lowest BCUT2D eigenvalue weighted by Crippen LogP contribution is -2.46. The fourth-order valence-electron chi connectivity index (χ4n) is 5.15. The van der Waals surface area contributed by atoms with E-state index >= 15 is 0 Å². The normalized spacial score (nSPS) is 22.4. The van der Waals surface area contributed by atoms with E-state index in [0.29, 0.717) is 39.7 Å². The first kappa shape index (κ1) is 22.4. The summed E-state index contributed by atoms with van der Waals surface area (Å²) in [6, 6.07) is 26.8. The number of Topliss-reactive ketones (excluding diaryl/α,β-unsaturated/α-hetero) is 1. The second-order valence-electron chi connectivity index (χ2n) is 8.58. The number of para-hydroxylation sites is 1. The SMILES string of the molecule is N#CC1C(=N)N(c2ccccc2Cl)C2=C(C(=O)CC(c3ccccc3)C2)C1c1ccccc1Cl. The second kappa shape index (κ2) is 9.10. The fourth-order valence-corrected chi connectivity index (χ4v) is 5.62. The minimum atomic E-state index is -0.882. The predicted octanol–water partition coefficient (Wildman–Crippen LogP) is 7.12. The lowest BCUT2D eigenvalue weighted by molar-refractivity contribution is -0.116. The maximum atomic E-state index is 13.8. The van der Waals surface area contributed by atoms with Crippen molar-refractivity contribution in [1.82, 2.24) is 0 Å². The number of nitriles is 1. The summed E-state index contributed by atoms with van der Waals surface area (Å²) >= 11 is 13.1. The quantitative estimate of drug-likeness (QED) is 0.429. The minimum Gasteiger partial charge on any atom is -0.300 e. The number of anilines is 1. The number of carbonyl (C=O) groups excluding carboxylic acids is 1. The molecule has 6 heteroatoms. The van der Waals surface area contributed by atoms with Crippen molar-refractivity contribution in [3.63, 3.8) is 0 Å². The Kier molecular flexibility index (Phi) is 6.00. The van der Waals surface area contributed by atoms with Gasteiger partial charge in [0.25, 0.3) is 0 Å². The third-order valence-corrected chi connectivity index (χ3v) is 7.34. The van der Waals surface area contributed by atoms with Crippen LogP contribution in [0.15, 0.2) is 90.1 Å². The van der Waals surface area contributed by atoms with Crippen LogP contribution in [0.4, 0.5) is 5.69 Å². The van der Waals surface area contributed by atoms with Crippen LogP contribution in [-0.2, 0) is 4.79 Å². The highest BCUT2D eigenvalue weighted by Crippen LogP contribution is 2.50. The van der Waals surface area contributed by atoms with Crippen LogP contribution in [0.25, 0.3) is 0 Å². The molecule has 3 aromatic carbocycles. The van der Waals surface area contributed by atoms with E-state index in [1.807, 2.05) is 66.7 Å². The molecular formula is C28H21Cl2N3O. The molecular weight excluding hydrogens is 465 g/mol. The molecule has 3 atom stereocenters. The van der Waals surface area contributed by atoms with Gasteiger partial charge in [0.1, 0.15) is 11.8 Å². The Labute approximate surface area is 208 Å². The monoisotopic (exact) mass is 485 g/mol. The first-order valence-electron chi connectivity index (χ1n) is 11.1. The van der Waals surface area contributed by atoms with Gasteiger partial charge in [-0.1, -0.05) is 83.9 Å². The van der Waals surface area contributed by atoms with Gasteiger partial charge < -0.3 is 0 Å². The summed E-state index contributed by atoms with van der Waals surface area (Å²) in [5, 5.41) is 20.2. The van der Waals surface area contributed by atoms with E-state index < -0.39 is 11.8 Å². The Balaban J connectivity index is 1.76. The van der Waals surface area contributed by atoms with Gasteiger partial charge in [-0.25, -0.2) is 0 Å². The van der Waals surface area contributed by atoms with Crippen LogP contribution in [0, 0.1) is 22.7 Å². The van der Waals surface area contributed by atoms with Crippen molar-refractivity contribution in [3.05, 3.63) is 111 Å². The summed E-state index contributed by atoms with van der Waals surface area (Å²) in [7, 11) is 0. The third-order valence-electron chi connectivity index (χ3n) is 6.68. The summed E-state index contributed by atoms with van der Waals surface area (Å²) in [5.41, 5.74) is 3.64. The molecule has 0 saturated heterocycles. The van der Waals surface area contributed by atoms with Gasteiger partial charge in [-0.05, 0) is 41.7 Å². The van der Waals surface area contributed by atoms with E-state index in [4.69, 9.17) is 28.6 Å². The number of allylic oxidation sites excluding steroid dienone is 2. The van der Waals surface area contributed by atoms with Crippen molar-refractivity contribution in [2.75, 3.05) is 4.90 Å². The van der Waals surface area contributed by atoms with Crippen molar-refractivity contribution < 1.29 is 4.79 Å². The van der Waals surface area contributed by atoms with Crippen LogP contribution in [0.2, 0.25) is 10.0 Å². The molecule has 168 valence electrons. The van der Waals surface area contributed by atoms with E-state index in [2.05, 4.69) is 6.07 Å². The second-order valence-corrected chi connectivity index (χ2v) is 9.39. The Morgan fingerprint density at radius 2 is 1.53 bits per heavy atom. The molecule has 0 amide bonds. The molecule has 1 heterocycles. The summed E-state index contributed by atoms with van der Waals surface area (Å²) < 4.78 is 0. The first-order valence-corrected chi connectivity index (χ1v) is 11.8. The molecule has 1 N–H and O–H groups in total. The summed E-state index contributed by atoms with van der Waals surface area (Å²) in [4.78, 5) is 15.5. The number of nitrogens with one attached hydrogen (secondary N) is 1. The third kappa shape index (κ3) is 3.72. The van der Waals surface area contributed by atoms with Gasteiger partial charge in [0, 0.05) is 28.6 Å². The van der Waals surface area contributed by atoms with Gasteiger partial charge >= 0.3 is 0 Å². The summed E-state index contributed by atoms with van der Waals surface area (Å²) in [5.74, 6) is -1.45. The topological polar surface area (TPSA) is 68.0 Å². The number of benzene rings is 3. The number of carbonyl (C=O) groups is 1. The number of hydrogen-bond acceptors (Lipinski definition) is 3. The highest BCUT2D eigenvalue weighted by molar-refractivity contribution is 6.34. The van der Waals surface area contributed by atoms with E-state index in [1.54, 1.807) is 17.0 Å².